The van der Waals surface area contributed by atoms with Crippen LogP contribution in [0.1, 0.15) is 35.7 Å². The average Bonchev–Trinajstić information content (AvgIpc) is 2.43. The van der Waals surface area contributed by atoms with Crippen molar-refractivity contribution in [3.8, 4) is 12.3 Å². The Hall–Kier alpha value is -1.31. The van der Waals surface area contributed by atoms with E-state index < -0.39 is 0 Å². The maximum atomic E-state index is 11.4. The molecule has 1 unspecified atom stereocenters. The second kappa shape index (κ2) is 7.98. The van der Waals surface area contributed by atoms with E-state index in [9.17, 15) is 4.79 Å². The molecule has 1 aromatic carbocycles. The molecule has 0 bridgehead atoms. The summed E-state index contributed by atoms with van der Waals surface area (Å²) in [7, 11) is 1.37. The minimum absolute atomic E-state index is 0.317. The lowest BCUT2D eigenvalue weighted by atomic mass is 10.1. The molecule has 0 amide bonds. The summed E-state index contributed by atoms with van der Waals surface area (Å²) in [6.07, 6.45) is 7.03. The molecule has 0 aliphatic heterocycles. The molecule has 19 heavy (non-hydrogen) atoms. The van der Waals surface area contributed by atoms with Crippen molar-refractivity contribution in [3.63, 3.8) is 0 Å². The molecule has 0 saturated carbocycles. The van der Waals surface area contributed by atoms with Gasteiger partial charge in [0, 0.05) is 23.5 Å². The first-order valence-corrected chi connectivity index (χ1v) is 6.95. The van der Waals surface area contributed by atoms with Gasteiger partial charge in [-0.15, -0.1) is 12.3 Å². The van der Waals surface area contributed by atoms with Crippen molar-refractivity contribution < 1.29 is 9.53 Å². The first-order chi connectivity index (χ1) is 9.12. The van der Waals surface area contributed by atoms with Gasteiger partial charge in [-0.25, -0.2) is 4.79 Å². The van der Waals surface area contributed by atoms with Gasteiger partial charge in [-0.1, -0.05) is 28.9 Å². The monoisotopic (exact) mass is 323 g/mol. The Balaban J connectivity index is 2.70. The molecule has 1 N–H and O–H groups in total. The normalized spacial score (nSPS) is 11.7. The van der Waals surface area contributed by atoms with E-state index in [1.807, 2.05) is 6.07 Å². The molecule has 1 atom stereocenters. The molecule has 0 fully saturated rings. The number of ether oxygens (including phenoxy) is 1. The third kappa shape index (κ3) is 4.70. The molecule has 102 valence electrons. The number of methoxy groups -OCH3 is 1. The summed E-state index contributed by atoms with van der Waals surface area (Å²) in [5, 5.41) is 3.40. The number of hydrogen-bond donors (Lipinski definition) is 1. The fraction of sp³-hybridized carbons (Fsp3) is 0.400. The number of terminal acetylenes is 1. The predicted molar refractivity (Wildman–Crippen MR) is 79.9 cm³/mol. The number of hydrogen-bond acceptors (Lipinski definition) is 3. The molecule has 0 aromatic heterocycles. The van der Waals surface area contributed by atoms with Crippen LogP contribution in [-0.4, -0.2) is 19.1 Å². The van der Waals surface area contributed by atoms with Crippen LogP contribution >= 0.6 is 15.9 Å². The van der Waals surface area contributed by atoms with E-state index in [0.717, 1.165) is 16.5 Å². The minimum Gasteiger partial charge on any atom is -0.465 e. The molecule has 0 heterocycles. The van der Waals surface area contributed by atoms with Gasteiger partial charge in [0.25, 0.3) is 0 Å². The Kier molecular flexibility index (Phi) is 6.61. The number of rotatable bonds is 6. The van der Waals surface area contributed by atoms with Gasteiger partial charge in [0.2, 0.25) is 0 Å². The van der Waals surface area contributed by atoms with Gasteiger partial charge in [-0.3, -0.25) is 0 Å². The van der Waals surface area contributed by atoms with Crippen molar-refractivity contribution in [1.82, 2.24) is 5.32 Å². The molecule has 4 heteroatoms. The van der Waals surface area contributed by atoms with E-state index >= 15 is 0 Å². The molecule has 1 rings (SSSR count). The predicted octanol–water partition coefficient (Wildman–Crippen LogP) is 3.13. The zero-order valence-corrected chi connectivity index (χ0v) is 12.8. The summed E-state index contributed by atoms with van der Waals surface area (Å²) in [6, 6.07) is 5.75. The van der Waals surface area contributed by atoms with Crippen molar-refractivity contribution in [3.05, 3.63) is 33.8 Å². The fourth-order valence-electron chi connectivity index (χ4n) is 1.69. The SMILES string of the molecule is C#CCC(CC)NCc1ccc(C(=O)OC)cc1Br. The van der Waals surface area contributed by atoms with E-state index in [0.29, 0.717) is 24.6 Å². The maximum Gasteiger partial charge on any atom is 0.337 e. The third-order valence-electron chi connectivity index (χ3n) is 2.91. The summed E-state index contributed by atoms with van der Waals surface area (Å²) in [5.41, 5.74) is 1.62. The number of benzene rings is 1. The average molecular weight is 324 g/mol. The van der Waals surface area contributed by atoms with Crippen molar-refractivity contribution in [2.75, 3.05) is 7.11 Å². The van der Waals surface area contributed by atoms with Crippen molar-refractivity contribution in [2.45, 2.75) is 32.4 Å². The van der Waals surface area contributed by atoms with Crippen LogP contribution < -0.4 is 5.32 Å². The van der Waals surface area contributed by atoms with Crippen molar-refractivity contribution in [1.29, 1.82) is 0 Å². The summed E-state index contributed by atoms with van der Waals surface area (Å²) in [4.78, 5) is 11.4. The van der Waals surface area contributed by atoms with Crippen LogP contribution in [0.3, 0.4) is 0 Å². The Labute approximate surface area is 122 Å². The van der Waals surface area contributed by atoms with Crippen LogP contribution in [0.4, 0.5) is 0 Å². The minimum atomic E-state index is -0.334. The Morgan fingerprint density at radius 3 is 2.84 bits per heavy atom. The van der Waals surface area contributed by atoms with Crippen molar-refractivity contribution >= 4 is 21.9 Å². The Bertz CT molecular complexity index is 480. The number of nitrogens with one attached hydrogen (secondary N) is 1. The standard InChI is InChI=1S/C15H18BrNO2/c1-4-6-13(5-2)17-10-12-8-7-11(9-14(12)16)15(18)19-3/h1,7-9,13,17H,5-6,10H2,2-3H3. The lowest BCUT2D eigenvalue weighted by molar-refractivity contribution is 0.0600. The topological polar surface area (TPSA) is 38.3 Å². The molecule has 3 nitrogen and oxygen atoms in total. The highest BCUT2D eigenvalue weighted by atomic mass is 79.9. The smallest absolute Gasteiger partial charge is 0.337 e. The van der Waals surface area contributed by atoms with Gasteiger partial charge in [-0.2, -0.15) is 0 Å². The lowest BCUT2D eigenvalue weighted by Gasteiger charge is -2.15. The molecule has 0 saturated heterocycles. The molecule has 0 aliphatic carbocycles. The van der Waals surface area contributed by atoms with Crippen LogP contribution in [0.2, 0.25) is 0 Å². The third-order valence-corrected chi connectivity index (χ3v) is 3.65. The van der Waals surface area contributed by atoms with Crippen LogP contribution in [0.25, 0.3) is 0 Å². The summed E-state index contributed by atoms with van der Waals surface area (Å²) in [5.74, 6) is 2.33. The first-order valence-electron chi connectivity index (χ1n) is 6.16. The van der Waals surface area contributed by atoms with E-state index in [1.165, 1.54) is 7.11 Å². The zero-order chi connectivity index (χ0) is 14.3. The fourth-order valence-corrected chi connectivity index (χ4v) is 2.21. The lowest BCUT2D eigenvalue weighted by Crippen LogP contribution is -2.27. The Morgan fingerprint density at radius 1 is 1.58 bits per heavy atom. The van der Waals surface area contributed by atoms with Gasteiger partial charge >= 0.3 is 5.97 Å². The first kappa shape index (κ1) is 15.7. The van der Waals surface area contributed by atoms with E-state index in [4.69, 9.17) is 6.42 Å². The van der Waals surface area contributed by atoms with Gasteiger partial charge in [0.05, 0.1) is 12.7 Å². The number of esters is 1. The number of carbonyl (C=O) groups is 1. The van der Waals surface area contributed by atoms with E-state index in [-0.39, 0.29) is 5.97 Å². The molecular weight excluding hydrogens is 306 g/mol. The van der Waals surface area contributed by atoms with Crippen LogP contribution in [0.15, 0.2) is 22.7 Å². The molecule has 0 radical (unpaired) electrons. The summed E-state index contributed by atoms with van der Waals surface area (Å²) in [6.45, 7) is 2.81. The number of halogens is 1. The Morgan fingerprint density at radius 2 is 2.32 bits per heavy atom. The van der Waals surface area contributed by atoms with Crippen LogP contribution in [0.5, 0.6) is 0 Å². The highest BCUT2D eigenvalue weighted by Gasteiger charge is 2.09. The second-order valence-electron chi connectivity index (χ2n) is 4.19. The van der Waals surface area contributed by atoms with Gasteiger partial charge in [-0.05, 0) is 24.1 Å². The highest BCUT2D eigenvalue weighted by Crippen LogP contribution is 2.19. The van der Waals surface area contributed by atoms with E-state index in [1.54, 1.807) is 12.1 Å². The van der Waals surface area contributed by atoms with Gasteiger partial charge in [0.15, 0.2) is 0 Å². The maximum absolute atomic E-state index is 11.4. The largest absolute Gasteiger partial charge is 0.465 e. The van der Waals surface area contributed by atoms with Crippen molar-refractivity contribution in [2.24, 2.45) is 0 Å². The highest BCUT2D eigenvalue weighted by molar-refractivity contribution is 9.10. The van der Waals surface area contributed by atoms with Crippen LogP contribution in [-0.2, 0) is 11.3 Å². The molecule has 0 aliphatic rings. The number of carbonyl (C=O) groups excluding carboxylic acids is 1. The molecule has 1 aromatic rings. The van der Waals surface area contributed by atoms with E-state index in [2.05, 4.69) is 38.8 Å². The molecular formula is C15H18BrNO2. The summed E-state index contributed by atoms with van der Waals surface area (Å²) >= 11 is 3.47. The van der Waals surface area contributed by atoms with Gasteiger partial charge in [0.1, 0.15) is 0 Å². The van der Waals surface area contributed by atoms with Crippen LogP contribution in [0, 0.1) is 12.3 Å². The molecule has 0 spiro atoms. The quantitative estimate of drug-likeness (QED) is 0.645. The summed E-state index contributed by atoms with van der Waals surface area (Å²) < 4.78 is 5.57. The second-order valence-corrected chi connectivity index (χ2v) is 5.05. The zero-order valence-electron chi connectivity index (χ0n) is 11.2. The van der Waals surface area contributed by atoms with Gasteiger partial charge < -0.3 is 10.1 Å².